The van der Waals surface area contributed by atoms with Crippen LogP contribution in [-0.4, -0.2) is 23.1 Å². The fourth-order valence-electron chi connectivity index (χ4n) is 2.13. The molecule has 0 amide bonds. The summed E-state index contributed by atoms with van der Waals surface area (Å²) in [7, 11) is 3.48. The molecule has 2 N–H and O–H groups in total. The molecule has 0 radical (unpaired) electrons. The molecule has 2 aromatic rings. The predicted molar refractivity (Wildman–Crippen MR) is 74.4 cm³/mol. The standard InChI is InChI=1S/C14H18F2N4/c1-19-6-5-18-13(19)9-20(2)14-11(15)7-10(3-4-17)8-12(14)16/h5-8H,3-4,9,17H2,1-2H3. The summed E-state index contributed by atoms with van der Waals surface area (Å²) >= 11 is 0. The van der Waals surface area contributed by atoms with Gasteiger partial charge in [-0.15, -0.1) is 0 Å². The molecule has 1 aromatic heterocycles. The largest absolute Gasteiger partial charge is 0.362 e. The van der Waals surface area contributed by atoms with E-state index in [4.69, 9.17) is 5.73 Å². The fraction of sp³-hybridized carbons (Fsp3) is 0.357. The third-order valence-electron chi connectivity index (χ3n) is 3.19. The van der Waals surface area contributed by atoms with Gasteiger partial charge < -0.3 is 15.2 Å². The highest BCUT2D eigenvalue weighted by atomic mass is 19.1. The van der Waals surface area contributed by atoms with E-state index in [9.17, 15) is 8.78 Å². The van der Waals surface area contributed by atoms with Gasteiger partial charge in [-0.3, -0.25) is 0 Å². The molecule has 108 valence electrons. The summed E-state index contributed by atoms with van der Waals surface area (Å²) in [6.45, 7) is 0.689. The predicted octanol–water partition coefficient (Wildman–Crippen LogP) is 1.84. The molecule has 20 heavy (non-hydrogen) atoms. The molecule has 4 nitrogen and oxygen atoms in total. The third-order valence-corrected chi connectivity index (χ3v) is 3.19. The number of benzene rings is 1. The second kappa shape index (κ2) is 6.00. The van der Waals surface area contributed by atoms with Gasteiger partial charge in [0.25, 0.3) is 0 Å². The highest BCUT2D eigenvalue weighted by molar-refractivity contribution is 5.50. The van der Waals surface area contributed by atoms with Gasteiger partial charge in [0.1, 0.15) is 23.1 Å². The molecule has 0 aliphatic heterocycles. The van der Waals surface area contributed by atoms with Crippen molar-refractivity contribution in [2.75, 3.05) is 18.5 Å². The normalized spacial score (nSPS) is 10.8. The number of nitrogens with two attached hydrogens (primary N) is 1. The van der Waals surface area contributed by atoms with Crippen LogP contribution in [0.15, 0.2) is 24.5 Å². The van der Waals surface area contributed by atoms with E-state index in [1.165, 1.54) is 17.0 Å². The molecule has 1 aromatic carbocycles. The van der Waals surface area contributed by atoms with Crippen LogP contribution in [0.2, 0.25) is 0 Å². The van der Waals surface area contributed by atoms with E-state index in [0.29, 0.717) is 25.1 Å². The summed E-state index contributed by atoms with van der Waals surface area (Å²) in [5.41, 5.74) is 5.92. The van der Waals surface area contributed by atoms with Crippen molar-refractivity contribution in [1.29, 1.82) is 0 Å². The summed E-state index contributed by atoms with van der Waals surface area (Å²) in [5, 5.41) is 0. The van der Waals surface area contributed by atoms with Gasteiger partial charge in [0, 0.05) is 26.5 Å². The Bertz CT molecular complexity index is 572. The maximum Gasteiger partial charge on any atom is 0.149 e. The minimum Gasteiger partial charge on any atom is -0.362 e. The van der Waals surface area contributed by atoms with Crippen LogP contribution in [0.3, 0.4) is 0 Å². The van der Waals surface area contributed by atoms with Crippen LogP contribution < -0.4 is 10.6 Å². The molecule has 0 saturated heterocycles. The molecule has 0 aliphatic carbocycles. The van der Waals surface area contributed by atoms with Crippen LogP contribution in [-0.2, 0) is 20.0 Å². The summed E-state index contributed by atoms with van der Waals surface area (Å²) in [6.07, 6.45) is 3.90. The number of nitrogens with zero attached hydrogens (tertiary/aromatic N) is 3. The molecule has 0 bridgehead atoms. The molecule has 0 unspecified atom stereocenters. The van der Waals surface area contributed by atoms with E-state index < -0.39 is 11.6 Å². The average molecular weight is 280 g/mol. The summed E-state index contributed by atoms with van der Waals surface area (Å²) in [6, 6.07) is 2.67. The topological polar surface area (TPSA) is 47.1 Å². The van der Waals surface area contributed by atoms with Gasteiger partial charge >= 0.3 is 0 Å². The molecule has 0 atom stereocenters. The quantitative estimate of drug-likeness (QED) is 0.909. The number of rotatable bonds is 5. The maximum atomic E-state index is 14.1. The Morgan fingerprint density at radius 3 is 2.45 bits per heavy atom. The van der Waals surface area contributed by atoms with Crippen LogP contribution in [0.1, 0.15) is 11.4 Å². The smallest absolute Gasteiger partial charge is 0.149 e. The molecular weight excluding hydrogens is 262 g/mol. The number of hydrogen-bond donors (Lipinski definition) is 1. The monoisotopic (exact) mass is 280 g/mol. The van der Waals surface area contributed by atoms with Gasteiger partial charge in [-0.2, -0.15) is 0 Å². The first-order valence-electron chi connectivity index (χ1n) is 6.38. The lowest BCUT2D eigenvalue weighted by Crippen LogP contribution is -2.21. The highest BCUT2D eigenvalue weighted by Gasteiger charge is 2.16. The van der Waals surface area contributed by atoms with Crippen LogP contribution in [0.25, 0.3) is 0 Å². The second-order valence-corrected chi connectivity index (χ2v) is 4.76. The molecule has 2 rings (SSSR count). The van der Waals surface area contributed by atoms with E-state index in [2.05, 4.69) is 4.98 Å². The zero-order chi connectivity index (χ0) is 14.7. The lowest BCUT2D eigenvalue weighted by molar-refractivity contribution is 0.570. The van der Waals surface area contributed by atoms with Gasteiger partial charge in [-0.25, -0.2) is 13.8 Å². The van der Waals surface area contributed by atoms with Gasteiger partial charge in [-0.1, -0.05) is 0 Å². The lowest BCUT2D eigenvalue weighted by Gasteiger charge is -2.21. The molecule has 0 fully saturated rings. The van der Waals surface area contributed by atoms with E-state index in [-0.39, 0.29) is 5.69 Å². The van der Waals surface area contributed by atoms with Crippen LogP contribution in [0.5, 0.6) is 0 Å². The molecule has 6 heteroatoms. The van der Waals surface area contributed by atoms with Crippen molar-refractivity contribution in [2.24, 2.45) is 12.8 Å². The van der Waals surface area contributed by atoms with Crippen LogP contribution >= 0.6 is 0 Å². The molecule has 1 heterocycles. The van der Waals surface area contributed by atoms with Gasteiger partial charge in [-0.05, 0) is 30.7 Å². The summed E-state index contributed by atoms with van der Waals surface area (Å²) in [5.74, 6) is -0.423. The molecule has 0 saturated carbocycles. The number of hydrogen-bond acceptors (Lipinski definition) is 3. The van der Waals surface area contributed by atoms with Gasteiger partial charge in [0.05, 0.1) is 6.54 Å². The van der Waals surface area contributed by atoms with E-state index in [1.807, 2.05) is 11.6 Å². The Balaban J connectivity index is 2.25. The number of imidazole rings is 1. The van der Waals surface area contributed by atoms with Gasteiger partial charge in [0.15, 0.2) is 0 Å². The lowest BCUT2D eigenvalue weighted by atomic mass is 10.1. The molecule has 0 spiro atoms. The number of aryl methyl sites for hydroxylation is 1. The van der Waals surface area contributed by atoms with Crippen molar-refractivity contribution in [2.45, 2.75) is 13.0 Å². The molecular formula is C14H18F2N4. The first-order valence-corrected chi connectivity index (χ1v) is 6.38. The Morgan fingerprint density at radius 1 is 1.30 bits per heavy atom. The van der Waals surface area contributed by atoms with Gasteiger partial charge in [0.2, 0.25) is 0 Å². The highest BCUT2D eigenvalue weighted by Crippen LogP contribution is 2.25. The Morgan fingerprint density at radius 2 is 1.95 bits per heavy atom. The van der Waals surface area contributed by atoms with Crippen molar-refractivity contribution < 1.29 is 8.78 Å². The zero-order valence-electron chi connectivity index (χ0n) is 11.6. The SMILES string of the molecule is CN(Cc1nccn1C)c1c(F)cc(CCN)cc1F. The minimum atomic E-state index is -0.579. The fourth-order valence-corrected chi connectivity index (χ4v) is 2.13. The Hall–Kier alpha value is -1.95. The Kier molecular flexibility index (Phi) is 4.34. The van der Waals surface area contributed by atoms with E-state index >= 15 is 0 Å². The third kappa shape index (κ3) is 2.96. The van der Waals surface area contributed by atoms with Crippen molar-refractivity contribution in [3.05, 3.63) is 47.5 Å². The second-order valence-electron chi connectivity index (χ2n) is 4.76. The maximum absolute atomic E-state index is 14.1. The van der Waals surface area contributed by atoms with E-state index in [1.54, 1.807) is 19.4 Å². The van der Waals surface area contributed by atoms with Crippen molar-refractivity contribution in [1.82, 2.24) is 9.55 Å². The number of anilines is 1. The number of halogens is 2. The first-order chi connectivity index (χ1) is 9.52. The van der Waals surface area contributed by atoms with Crippen LogP contribution in [0.4, 0.5) is 14.5 Å². The van der Waals surface area contributed by atoms with E-state index in [0.717, 1.165) is 5.82 Å². The number of aromatic nitrogens is 2. The average Bonchev–Trinajstić information content (AvgIpc) is 2.74. The first kappa shape index (κ1) is 14.5. The molecule has 0 aliphatic rings. The minimum absolute atomic E-state index is 0.0474. The van der Waals surface area contributed by atoms with Crippen molar-refractivity contribution in [3.63, 3.8) is 0 Å². The van der Waals surface area contributed by atoms with Crippen LogP contribution in [0, 0.1) is 11.6 Å². The zero-order valence-corrected chi connectivity index (χ0v) is 11.6. The summed E-state index contributed by atoms with van der Waals surface area (Å²) < 4.78 is 29.9. The van der Waals surface area contributed by atoms with Crippen molar-refractivity contribution in [3.8, 4) is 0 Å². The summed E-state index contributed by atoms with van der Waals surface area (Å²) in [4.78, 5) is 5.66. The van der Waals surface area contributed by atoms with Crippen molar-refractivity contribution >= 4 is 5.69 Å². The Labute approximate surface area is 116 Å².